The summed E-state index contributed by atoms with van der Waals surface area (Å²) < 4.78 is 5.24. The van der Waals surface area contributed by atoms with Gasteiger partial charge in [0.1, 0.15) is 5.75 Å². The maximum absolute atomic E-state index is 12.7. The van der Waals surface area contributed by atoms with Gasteiger partial charge in [-0.3, -0.25) is 10.1 Å². The van der Waals surface area contributed by atoms with E-state index in [1.165, 1.54) is 5.69 Å². The van der Waals surface area contributed by atoms with E-state index in [1.54, 1.807) is 7.11 Å². The van der Waals surface area contributed by atoms with Gasteiger partial charge in [0, 0.05) is 31.9 Å². The van der Waals surface area contributed by atoms with E-state index in [0.717, 1.165) is 57.6 Å². The van der Waals surface area contributed by atoms with E-state index in [2.05, 4.69) is 40.2 Å². The summed E-state index contributed by atoms with van der Waals surface area (Å²) in [4.78, 5) is 22.2. The van der Waals surface area contributed by atoms with Gasteiger partial charge in [-0.25, -0.2) is 4.99 Å². The van der Waals surface area contributed by atoms with Gasteiger partial charge in [0.05, 0.1) is 18.7 Å². The summed E-state index contributed by atoms with van der Waals surface area (Å²) in [5, 5.41) is 12.5. The largest absolute Gasteiger partial charge is 0.497 e. The Hall–Kier alpha value is -2.75. The fourth-order valence-electron chi connectivity index (χ4n) is 4.69. The monoisotopic (exact) mass is 395 g/mol. The summed E-state index contributed by atoms with van der Waals surface area (Å²) in [5.74, 6) is 1.27. The number of anilines is 1. The molecule has 1 aromatic rings. The van der Waals surface area contributed by atoms with Crippen LogP contribution in [0.4, 0.5) is 5.69 Å². The third-order valence-corrected chi connectivity index (χ3v) is 6.65. The molecule has 7 heteroatoms. The van der Waals surface area contributed by atoms with Crippen molar-refractivity contribution >= 4 is 17.6 Å². The molecule has 2 fully saturated rings. The normalized spacial score (nSPS) is 29.8. The van der Waals surface area contributed by atoms with Gasteiger partial charge in [-0.1, -0.05) is 6.92 Å². The lowest BCUT2D eigenvalue weighted by Gasteiger charge is -2.45. The Labute approximate surface area is 172 Å². The van der Waals surface area contributed by atoms with Crippen LogP contribution in [0.1, 0.15) is 32.6 Å². The van der Waals surface area contributed by atoms with Crippen molar-refractivity contribution in [3.8, 4) is 11.8 Å². The predicted octanol–water partition coefficient (Wildman–Crippen LogP) is 2.39. The third-order valence-electron chi connectivity index (χ3n) is 6.65. The number of ether oxygens (including phenoxy) is 1. The lowest BCUT2D eigenvalue weighted by Crippen LogP contribution is -2.60. The highest BCUT2D eigenvalue weighted by molar-refractivity contribution is 6.02. The van der Waals surface area contributed by atoms with E-state index < -0.39 is 11.5 Å². The number of hydrogen-bond donors (Lipinski definition) is 1. The number of amides is 1. The molecule has 0 radical (unpaired) electrons. The highest BCUT2D eigenvalue weighted by Gasteiger charge is 2.49. The van der Waals surface area contributed by atoms with Crippen molar-refractivity contribution < 1.29 is 9.53 Å². The Morgan fingerprint density at radius 3 is 2.34 bits per heavy atom. The molecule has 3 aliphatic rings. The van der Waals surface area contributed by atoms with Gasteiger partial charge in [-0.15, -0.1) is 0 Å². The fourth-order valence-corrected chi connectivity index (χ4v) is 4.69. The van der Waals surface area contributed by atoms with Gasteiger partial charge in [0.2, 0.25) is 11.9 Å². The highest BCUT2D eigenvalue weighted by Crippen LogP contribution is 2.41. The molecule has 0 unspecified atom stereocenters. The molecule has 2 aliphatic heterocycles. The number of aliphatic imine (C=N–C) groups is 1. The molecule has 1 saturated carbocycles. The Morgan fingerprint density at radius 2 is 1.76 bits per heavy atom. The minimum atomic E-state index is -0.681. The van der Waals surface area contributed by atoms with E-state index in [9.17, 15) is 10.1 Å². The van der Waals surface area contributed by atoms with Crippen molar-refractivity contribution in [3.63, 3.8) is 0 Å². The van der Waals surface area contributed by atoms with E-state index in [-0.39, 0.29) is 5.91 Å². The number of hydrogen-bond acceptors (Lipinski definition) is 6. The first-order valence-electron chi connectivity index (χ1n) is 10.5. The minimum absolute atomic E-state index is 0.190. The number of carbonyl (C=O) groups excluding carboxylic acids is 1. The summed E-state index contributed by atoms with van der Waals surface area (Å²) in [7, 11) is 1.67. The number of nitrogens with one attached hydrogen (secondary N) is 1. The first-order valence-corrected chi connectivity index (χ1v) is 10.5. The number of methoxy groups -OCH3 is 1. The summed E-state index contributed by atoms with van der Waals surface area (Å²) in [6.45, 7) is 5.52. The molecule has 0 bridgehead atoms. The van der Waals surface area contributed by atoms with Gasteiger partial charge in [-0.2, -0.15) is 5.26 Å². The van der Waals surface area contributed by atoms with Crippen molar-refractivity contribution in [1.29, 1.82) is 5.26 Å². The van der Waals surface area contributed by atoms with Crippen molar-refractivity contribution in [2.75, 3.05) is 38.2 Å². The van der Waals surface area contributed by atoms with Crippen LogP contribution in [0.5, 0.6) is 5.75 Å². The smallest absolute Gasteiger partial charge is 0.246 e. The molecule has 2 heterocycles. The van der Waals surface area contributed by atoms with Crippen LogP contribution >= 0.6 is 0 Å². The van der Waals surface area contributed by atoms with E-state index in [1.807, 2.05) is 12.1 Å². The number of nitrogens with zero attached hydrogens (tertiary/aromatic N) is 4. The lowest BCUT2D eigenvalue weighted by atomic mass is 9.70. The van der Waals surface area contributed by atoms with Crippen LogP contribution < -0.4 is 15.0 Å². The average molecular weight is 396 g/mol. The molecule has 1 atom stereocenters. The van der Waals surface area contributed by atoms with Gasteiger partial charge in [0.25, 0.3) is 0 Å². The standard InChI is InChI=1S/C22H29N5O2/c1-16-7-9-22(10-8-16)19(15-23)20(28)24-21(25-22)27-13-11-26(12-14-27)17-3-5-18(29-2)6-4-17/h3-6,16,19H,7-14H2,1-2H3,(H,24,25,28)/t16?,19-,22?/m1/s1. The molecule has 1 aromatic carbocycles. The van der Waals surface area contributed by atoms with E-state index in [4.69, 9.17) is 9.73 Å². The summed E-state index contributed by atoms with van der Waals surface area (Å²) in [6, 6.07) is 10.3. The topological polar surface area (TPSA) is 81.0 Å². The van der Waals surface area contributed by atoms with Crippen LogP contribution in [0.25, 0.3) is 0 Å². The zero-order chi connectivity index (χ0) is 20.4. The zero-order valence-electron chi connectivity index (χ0n) is 17.2. The molecule has 1 N–H and O–H groups in total. The summed E-state index contributed by atoms with van der Waals surface area (Å²) in [5.41, 5.74) is 0.619. The highest BCUT2D eigenvalue weighted by atomic mass is 16.5. The summed E-state index contributed by atoms with van der Waals surface area (Å²) >= 11 is 0. The summed E-state index contributed by atoms with van der Waals surface area (Å²) in [6.07, 6.45) is 3.67. The molecule has 1 saturated heterocycles. The predicted molar refractivity (Wildman–Crippen MR) is 112 cm³/mol. The molecule has 154 valence electrons. The van der Waals surface area contributed by atoms with Crippen LogP contribution in [-0.2, 0) is 4.79 Å². The second-order valence-corrected chi connectivity index (χ2v) is 8.44. The van der Waals surface area contributed by atoms with Crippen molar-refractivity contribution in [3.05, 3.63) is 24.3 Å². The SMILES string of the molecule is COc1ccc(N2CCN(C3=NC4(CCC(C)CC4)[C@H](C#N)C(=O)N3)CC2)cc1. The number of piperazine rings is 1. The number of nitriles is 1. The van der Waals surface area contributed by atoms with E-state index >= 15 is 0 Å². The number of guanidine groups is 1. The Bertz CT molecular complexity index is 813. The average Bonchev–Trinajstić information content (AvgIpc) is 2.76. The maximum Gasteiger partial charge on any atom is 0.246 e. The Kier molecular flexibility index (Phi) is 5.35. The van der Waals surface area contributed by atoms with Crippen molar-refractivity contribution in [1.82, 2.24) is 10.2 Å². The Balaban J connectivity index is 1.47. The number of carbonyl (C=O) groups is 1. The molecule has 1 amide bonds. The maximum atomic E-state index is 12.7. The third kappa shape index (κ3) is 3.76. The van der Waals surface area contributed by atoms with Gasteiger partial charge < -0.3 is 14.5 Å². The van der Waals surface area contributed by atoms with Crippen LogP contribution in [0.3, 0.4) is 0 Å². The Morgan fingerprint density at radius 1 is 1.14 bits per heavy atom. The van der Waals surface area contributed by atoms with Crippen molar-refractivity contribution in [2.45, 2.75) is 38.1 Å². The first-order chi connectivity index (χ1) is 14.0. The second-order valence-electron chi connectivity index (χ2n) is 8.44. The van der Waals surface area contributed by atoms with Crippen LogP contribution in [-0.4, -0.2) is 55.6 Å². The second kappa shape index (κ2) is 7.94. The van der Waals surface area contributed by atoms with Gasteiger partial charge >= 0.3 is 0 Å². The fraction of sp³-hybridized carbons (Fsp3) is 0.591. The molecular formula is C22H29N5O2. The molecular weight excluding hydrogens is 366 g/mol. The molecule has 29 heavy (non-hydrogen) atoms. The number of benzene rings is 1. The molecule has 4 rings (SSSR count). The van der Waals surface area contributed by atoms with Gasteiger partial charge in [-0.05, 0) is 55.9 Å². The first kappa shape index (κ1) is 19.6. The van der Waals surface area contributed by atoms with Crippen LogP contribution in [0, 0.1) is 23.2 Å². The molecule has 1 spiro atoms. The minimum Gasteiger partial charge on any atom is -0.497 e. The lowest BCUT2D eigenvalue weighted by molar-refractivity contribution is -0.125. The van der Waals surface area contributed by atoms with Crippen LogP contribution in [0.2, 0.25) is 0 Å². The quantitative estimate of drug-likeness (QED) is 0.832. The molecule has 0 aromatic heterocycles. The van der Waals surface area contributed by atoms with Gasteiger partial charge in [0.15, 0.2) is 5.92 Å². The van der Waals surface area contributed by atoms with Crippen LogP contribution in [0.15, 0.2) is 29.3 Å². The van der Waals surface area contributed by atoms with E-state index in [0.29, 0.717) is 11.9 Å². The number of rotatable bonds is 2. The molecule has 1 aliphatic carbocycles. The zero-order valence-corrected chi connectivity index (χ0v) is 17.2. The van der Waals surface area contributed by atoms with Crippen molar-refractivity contribution in [2.24, 2.45) is 16.8 Å². The molecule has 7 nitrogen and oxygen atoms in total.